The Morgan fingerprint density at radius 2 is 2.06 bits per heavy atom. The second kappa shape index (κ2) is 4.69. The lowest BCUT2D eigenvalue weighted by Gasteiger charge is -2.32. The summed E-state index contributed by atoms with van der Waals surface area (Å²) in [7, 11) is 0. The number of rotatable bonds is 2. The van der Waals surface area contributed by atoms with Crippen molar-refractivity contribution in [1.82, 2.24) is 19.7 Å². The van der Waals surface area contributed by atoms with Crippen LogP contribution < -0.4 is 5.73 Å². The zero-order valence-electron chi connectivity index (χ0n) is 10.1. The molecule has 2 rings (SSSR count). The Morgan fingerprint density at radius 3 is 2.69 bits per heavy atom. The van der Waals surface area contributed by atoms with E-state index < -0.39 is 0 Å². The number of aryl methyl sites for hydroxylation is 1. The summed E-state index contributed by atoms with van der Waals surface area (Å²) < 4.78 is 2.00. The minimum atomic E-state index is -0.142. The van der Waals surface area contributed by atoms with Crippen molar-refractivity contribution < 1.29 is 0 Å². The van der Waals surface area contributed by atoms with Gasteiger partial charge in [0.25, 0.3) is 0 Å². The van der Waals surface area contributed by atoms with Gasteiger partial charge in [-0.25, -0.2) is 9.67 Å². The maximum atomic E-state index is 6.01. The molecule has 0 bridgehead atoms. The molecule has 1 aliphatic rings. The lowest BCUT2D eigenvalue weighted by Crippen LogP contribution is -2.47. The van der Waals surface area contributed by atoms with E-state index in [0.717, 1.165) is 37.8 Å². The van der Waals surface area contributed by atoms with Gasteiger partial charge in [0.1, 0.15) is 11.6 Å². The number of aromatic nitrogens is 3. The average Bonchev–Trinajstić information content (AvgIpc) is 2.40. The molecule has 0 saturated heterocycles. The third kappa shape index (κ3) is 3.17. The Hall–Kier alpha value is -0.650. The fourth-order valence-corrected chi connectivity index (χ4v) is 2.02. The molecule has 0 saturated carbocycles. The second-order valence-corrected chi connectivity index (χ2v) is 5.00. The van der Waals surface area contributed by atoms with Crippen molar-refractivity contribution in [3.05, 3.63) is 11.6 Å². The first kappa shape index (κ1) is 13.4. The predicted octanol–water partition coefficient (Wildman–Crippen LogP) is 0.561. The molecule has 0 radical (unpaired) electrons. The molecule has 0 aliphatic carbocycles. The number of hydrogen-bond acceptors (Lipinski definition) is 4. The quantitative estimate of drug-likeness (QED) is 0.827. The van der Waals surface area contributed by atoms with Crippen molar-refractivity contribution >= 4 is 12.4 Å². The lowest BCUT2D eigenvalue weighted by molar-refractivity contribution is 0.176. The van der Waals surface area contributed by atoms with Crippen LogP contribution in [0.4, 0.5) is 0 Å². The van der Waals surface area contributed by atoms with Crippen LogP contribution in [0, 0.1) is 6.92 Å². The van der Waals surface area contributed by atoms with Gasteiger partial charge in [-0.05, 0) is 20.8 Å². The van der Waals surface area contributed by atoms with E-state index in [4.69, 9.17) is 5.73 Å². The Kier molecular flexibility index (Phi) is 3.93. The Balaban J connectivity index is 0.00000128. The molecule has 2 N–H and O–H groups in total. The summed E-state index contributed by atoms with van der Waals surface area (Å²) in [5.41, 5.74) is 5.87. The molecular weight excluding hydrogens is 226 g/mol. The molecule has 1 aromatic heterocycles. The lowest BCUT2D eigenvalue weighted by atomic mass is 10.1. The Labute approximate surface area is 102 Å². The number of hydrogen-bond donors (Lipinski definition) is 1. The summed E-state index contributed by atoms with van der Waals surface area (Å²) >= 11 is 0. The van der Waals surface area contributed by atoms with E-state index in [1.807, 2.05) is 11.6 Å². The molecule has 0 spiro atoms. The summed E-state index contributed by atoms with van der Waals surface area (Å²) in [4.78, 5) is 6.74. The zero-order valence-corrected chi connectivity index (χ0v) is 10.9. The van der Waals surface area contributed by atoms with Gasteiger partial charge < -0.3 is 5.73 Å². The minimum Gasteiger partial charge on any atom is -0.324 e. The molecule has 6 heteroatoms. The summed E-state index contributed by atoms with van der Waals surface area (Å²) in [5.74, 6) is 1.92. The van der Waals surface area contributed by atoms with Crippen LogP contribution in [0.3, 0.4) is 0 Å². The third-order valence-corrected chi connectivity index (χ3v) is 2.48. The van der Waals surface area contributed by atoms with Crippen LogP contribution in [0.5, 0.6) is 0 Å². The predicted molar refractivity (Wildman–Crippen MR) is 65.6 cm³/mol. The zero-order chi connectivity index (χ0) is 11.1. The van der Waals surface area contributed by atoms with Crippen LogP contribution in [-0.2, 0) is 13.1 Å². The molecule has 92 valence electrons. The molecule has 0 atom stereocenters. The van der Waals surface area contributed by atoms with Gasteiger partial charge in [0.15, 0.2) is 0 Å². The smallest absolute Gasteiger partial charge is 0.147 e. The highest BCUT2D eigenvalue weighted by Crippen LogP contribution is 2.12. The second-order valence-electron chi connectivity index (χ2n) is 5.00. The van der Waals surface area contributed by atoms with Gasteiger partial charge in [-0.1, -0.05) is 0 Å². The first-order valence-electron chi connectivity index (χ1n) is 5.36. The van der Waals surface area contributed by atoms with Crippen LogP contribution in [0.25, 0.3) is 0 Å². The molecule has 1 aromatic rings. The first-order chi connectivity index (χ1) is 6.94. The van der Waals surface area contributed by atoms with E-state index in [0.29, 0.717) is 0 Å². The van der Waals surface area contributed by atoms with Gasteiger partial charge in [0.2, 0.25) is 0 Å². The minimum absolute atomic E-state index is 0. The van der Waals surface area contributed by atoms with Gasteiger partial charge in [-0.2, -0.15) is 5.10 Å². The highest BCUT2D eigenvalue weighted by molar-refractivity contribution is 5.85. The molecule has 0 unspecified atom stereocenters. The summed E-state index contributed by atoms with van der Waals surface area (Å²) in [6, 6.07) is 0. The monoisotopic (exact) mass is 245 g/mol. The summed E-state index contributed by atoms with van der Waals surface area (Å²) in [5, 5.41) is 4.33. The molecule has 2 heterocycles. The average molecular weight is 246 g/mol. The number of fused-ring (bicyclic) bond motifs is 1. The fraction of sp³-hybridized carbons (Fsp3) is 0.800. The van der Waals surface area contributed by atoms with E-state index >= 15 is 0 Å². The summed E-state index contributed by atoms with van der Waals surface area (Å²) in [6.45, 7) is 9.74. The van der Waals surface area contributed by atoms with E-state index in [2.05, 4.69) is 28.8 Å². The Morgan fingerprint density at radius 1 is 1.38 bits per heavy atom. The van der Waals surface area contributed by atoms with Crippen LogP contribution in [0.15, 0.2) is 0 Å². The number of nitrogens with zero attached hydrogens (tertiary/aromatic N) is 4. The number of halogens is 1. The van der Waals surface area contributed by atoms with Gasteiger partial charge in [-0.15, -0.1) is 12.4 Å². The SMILES string of the molecule is Cc1nc2n(n1)CCN(CC(C)(C)N)C2.Cl. The van der Waals surface area contributed by atoms with Crippen LogP contribution in [0.2, 0.25) is 0 Å². The molecular formula is C10H20ClN5. The van der Waals surface area contributed by atoms with Gasteiger partial charge in [0.05, 0.1) is 13.1 Å². The van der Waals surface area contributed by atoms with Crippen molar-refractivity contribution in [2.45, 2.75) is 39.4 Å². The van der Waals surface area contributed by atoms with Crippen molar-refractivity contribution in [3.8, 4) is 0 Å². The maximum Gasteiger partial charge on any atom is 0.147 e. The van der Waals surface area contributed by atoms with Gasteiger partial charge >= 0.3 is 0 Å². The third-order valence-electron chi connectivity index (χ3n) is 2.48. The number of nitrogens with two attached hydrogens (primary N) is 1. The molecule has 1 aliphatic heterocycles. The van der Waals surface area contributed by atoms with Crippen molar-refractivity contribution in [3.63, 3.8) is 0 Å². The normalized spacial score (nSPS) is 16.8. The van der Waals surface area contributed by atoms with Crippen molar-refractivity contribution in [1.29, 1.82) is 0 Å². The topological polar surface area (TPSA) is 60.0 Å². The highest BCUT2D eigenvalue weighted by Gasteiger charge is 2.22. The highest BCUT2D eigenvalue weighted by atomic mass is 35.5. The fourth-order valence-electron chi connectivity index (χ4n) is 2.02. The van der Waals surface area contributed by atoms with Gasteiger partial charge in [-0.3, -0.25) is 4.90 Å². The van der Waals surface area contributed by atoms with Crippen LogP contribution in [-0.4, -0.2) is 38.3 Å². The maximum absolute atomic E-state index is 6.01. The molecule has 0 aromatic carbocycles. The van der Waals surface area contributed by atoms with Crippen LogP contribution in [0.1, 0.15) is 25.5 Å². The van der Waals surface area contributed by atoms with Gasteiger partial charge in [0, 0.05) is 18.6 Å². The van der Waals surface area contributed by atoms with E-state index in [1.165, 1.54) is 0 Å². The van der Waals surface area contributed by atoms with E-state index in [9.17, 15) is 0 Å². The van der Waals surface area contributed by atoms with Crippen molar-refractivity contribution in [2.24, 2.45) is 5.73 Å². The molecule has 5 nitrogen and oxygen atoms in total. The molecule has 0 amide bonds. The molecule has 16 heavy (non-hydrogen) atoms. The van der Waals surface area contributed by atoms with Crippen molar-refractivity contribution in [2.75, 3.05) is 13.1 Å². The standard InChI is InChI=1S/C10H19N5.ClH/c1-8-12-9-6-14(7-10(2,3)11)4-5-15(9)13-8;/h4-7,11H2,1-3H3;1H. The van der Waals surface area contributed by atoms with Crippen LogP contribution >= 0.6 is 12.4 Å². The van der Waals surface area contributed by atoms with E-state index in [-0.39, 0.29) is 17.9 Å². The van der Waals surface area contributed by atoms with E-state index in [1.54, 1.807) is 0 Å². The molecule has 0 fully saturated rings. The summed E-state index contributed by atoms with van der Waals surface area (Å²) in [6.07, 6.45) is 0. The largest absolute Gasteiger partial charge is 0.324 e. The Bertz CT molecular complexity index is 355. The first-order valence-corrected chi connectivity index (χ1v) is 5.36.